The van der Waals surface area contributed by atoms with Crippen molar-refractivity contribution >= 4 is 11.8 Å². The Bertz CT molecular complexity index is 311. The molecule has 5 heteroatoms. The number of carbonyl (C=O) groups is 2. The van der Waals surface area contributed by atoms with Crippen LogP contribution < -0.4 is 10.6 Å². The van der Waals surface area contributed by atoms with E-state index in [1.165, 1.54) is 19.8 Å². The maximum Gasteiger partial charge on any atom is 0.241 e. The molecule has 2 heterocycles. The van der Waals surface area contributed by atoms with Crippen LogP contribution in [0.2, 0.25) is 0 Å². The van der Waals surface area contributed by atoms with Crippen molar-refractivity contribution in [3.05, 3.63) is 0 Å². The third kappa shape index (κ3) is 2.97. The molecule has 0 unspecified atom stereocenters. The Morgan fingerprint density at radius 1 is 1.41 bits per heavy atom. The number of carbonyl (C=O) groups excluding carboxylic acids is 2. The van der Waals surface area contributed by atoms with Crippen LogP contribution >= 0.6 is 0 Å². The topological polar surface area (TPSA) is 61.4 Å². The predicted octanol–water partition coefficient (Wildman–Crippen LogP) is -0.275. The molecule has 2 fully saturated rings. The van der Waals surface area contributed by atoms with E-state index in [9.17, 15) is 9.59 Å². The zero-order valence-electron chi connectivity index (χ0n) is 10.4. The van der Waals surface area contributed by atoms with Crippen molar-refractivity contribution in [1.29, 1.82) is 0 Å². The van der Waals surface area contributed by atoms with Gasteiger partial charge in [0.2, 0.25) is 11.8 Å². The fraction of sp³-hybridized carbons (Fsp3) is 0.833. The van der Waals surface area contributed by atoms with E-state index in [1.807, 2.05) is 4.90 Å². The number of nitrogens with one attached hydrogen (secondary N) is 2. The average Bonchev–Trinajstić information content (AvgIpc) is 2.71. The Kier molecular flexibility index (Phi) is 3.66. The van der Waals surface area contributed by atoms with Gasteiger partial charge in [-0.2, -0.15) is 0 Å². The highest BCUT2D eigenvalue weighted by atomic mass is 16.2. The molecule has 0 saturated carbocycles. The highest BCUT2D eigenvalue weighted by molar-refractivity contribution is 5.83. The fourth-order valence-corrected chi connectivity index (χ4v) is 2.84. The number of nitrogens with zero attached hydrogens (tertiary/aromatic N) is 1. The summed E-state index contributed by atoms with van der Waals surface area (Å²) >= 11 is 0. The highest BCUT2D eigenvalue weighted by Crippen LogP contribution is 2.36. The Morgan fingerprint density at radius 3 is 2.88 bits per heavy atom. The lowest BCUT2D eigenvalue weighted by Crippen LogP contribution is -2.44. The highest BCUT2D eigenvalue weighted by Gasteiger charge is 2.40. The predicted molar refractivity (Wildman–Crippen MR) is 64.4 cm³/mol. The quantitative estimate of drug-likeness (QED) is 0.697. The lowest BCUT2D eigenvalue weighted by atomic mass is 9.80. The molecule has 2 N–H and O–H groups in total. The van der Waals surface area contributed by atoms with Gasteiger partial charge in [-0.3, -0.25) is 9.59 Å². The molecular weight excluding hydrogens is 218 g/mol. The molecule has 5 nitrogen and oxygen atoms in total. The average molecular weight is 239 g/mol. The van der Waals surface area contributed by atoms with Crippen molar-refractivity contribution < 1.29 is 9.59 Å². The molecule has 17 heavy (non-hydrogen) atoms. The molecule has 0 aromatic carbocycles. The summed E-state index contributed by atoms with van der Waals surface area (Å²) in [7, 11) is 0. The van der Waals surface area contributed by atoms with Crippen molar-refractivity contribution in [2.45, 2.75) is 26.2 Å². The molecule has 0 aromatic rings. The van der Waals surface area contributed by atoms with E-state index in [4.69, 9.17) is 0 Å². The van der Waals surface area contributed by atoms with Gasteiger partial charge in [0.05, 0.1) is 6.54 Å². The van der Waals surface area contributed by atoms with Gasteiger partial charge in [-0.25, -0.2) is 0 Å². The van der Waals surface area contributed by atoms with Gasteiger partial charge in [-0.1, -0.05) is 0 Å². The zero-order chi connectivity index (χ0) is 12.3. The number of piperidine rings is 1. The molecule has 1 spiro atoms. The molecule has 0 bridgehead atoms. The SMILES string of the molecule is CC(=O)NCC(=O)N1CC[C@]2(CCCNC2)C1. The maximum atomic E-state index is 11.9. The normalized spacial score (nSPS) is 28.4. The molecule has 2 aliphatic heterocycles. The summed E-state index contributed by atoms with van der Waals surface area (Å²) in [6.07, 6.45) is 3.50. The van der Waals surface area contributed by atoms with Crippen LogP contribution in [0.4, 0.5) is 0 Å². The Hall–Kier alpha value is -1.10. The largest absolute Gasteiger partial charge is 0.347 e. The molecule has 2 aliphatic rings. The molecule has 0 aromatic heterocycles. The molecule has 0 radical (unpaired) electrons. The summed E-state index contributed by atoms with van der Waals surface area (Å²) in [5.41, 5.74) is 0.296. The third-order valence-electron chi connectivity index (χ3n) is 3.84. The Balaban J connectivity index is 1.84. The minimum atomic E-state index is -0.147. The minimum Gasteiger partial charge on any atom is -0.347 e. The molecule has 0 aliphatic carbocycles. The van der Waals surface area contributed by atoms with Gasteiger partial charge in [-0.05, 0) is 25.8 Å². The van der Waals surface area contributed by atoms with Crippen LogP contribution in [0.1, 0.15) is 26.2 Å². The number of rotatable bonds is 2. The van der Waals surface area contributed by atoms with Gasteiger partial charge in [0.15, 0.2) is 0 Å². The van der Waals surface area contributed by atoms with Gasteiger partial charge >= 0.3 is 0 Å². The first kappa shape index (κ1) is 12.4. The van der Waals surface area contributed by atoms with Gasteiger partial charge in [0.25, 0.3) is 0 Å². The standard InChI is InChI=1S/C12H21N3O2/c1-10(16)14-7-11(17)15-6-4-12(9-15)3-2-5-13-8-12/h13H,2-9H2,1H3,(H,14,16)/t12-/m0/s1. The second-order valence-electron chi connectivity index (χ2n) is 5.26. The number of amides is 2. The first-order chi connectivity index (χ1) is 8.11. The van der Waals surface area contributed by atoms with E-state index in [0.717, 1.165) is 32.6 Å². The lowest BCUT2D eigenvalue weighted by Gasteiger charge is -2.33. The molecule has 1 atom stereocenters. The summed E-state index contributed by atoms with van der Waals surface area (Å²) in [5, 5.41) is 5.99. The molecule has 2 rings (SSSR count). The van der Waals surface area contributed by atoms with Gasteiger partial charge < -0.3 is 15.5 Å². The van der Waals surface area contributed by atoms with E-state index in [0.29, 0.717) is 5.41 Å². The van der Waals surface area contributed by atoms with Gasteiger partial charge in [-0.15, -0.1) is 0 Å². The zero-order valence-corrected chi connectivity index (χ0v) is 10.4. The summed E-state index contributed by atoms with van der Waals surface area (Å²) in [4.78, 5) is 24.5. The van der Waals surface area contributed by atoms with Crippen molar-refractivity contribution in [3.63, 3.8) is 0 Å². The first-order valence-corrected chi connectivity index (χ1v) is 6.34. The van der Waals surface area contributed by atoms with Gasteiger partial charge in [0.1, 0.15) is 0 Å². The maximum absolute atomic E-state index is 11.9. The van der Waals surface area contributed by atoms with E-state index in [1.54, 1.807) is 0 Å². The van der Waals surface area contributed by atoms with Crippen LogP contribution in [0, 0.1) is 5.41 Å². The number of hydrogen-bond acceptors (Lipinski definition) is 3. The summed E-state index contributed by atoms with van der Waals surface area (Å²) in [6, 6.07) is 0. The summed E-state index contributed by atoms with van der Waals surface area (Å²) in [6.45, 7) is 5.37. The van der Waals surface area contributed by atoms with Crippen LogP contribution in [0.25, 0.3) is 0 Å². The fourth-order valence-electron chi connectivity index (χ4n) is 2.84. The van der Waals surface area contributed by atoms with E-state index < -0.39 is 0 Å². The third-order valence-corrected chi connectivity index (χ3v) is 3.84. The van der Waals surface area contributed by atoms with E-state index in [-0.39, 0.29) is 18.4 Å². The second kappa shape index (κ2) is 5.04. The van der Waals surface area contributed by atoms with Crippen LogP contribution in [0.15, 0.2) is 0 Å². The van der Waals surface area contributed by atoms with Crippen LogP contribution in [-0.2, 0) is 9.59 Å². The molecular formula is C12H21N3O2. The number of likely N-dealkylation sites (tertiary alicyclic amines) is 1. The van der Waals surface area contributed by atoms with Crippen LogP contribution in [-0.4, -0.2) is 49.4 Å². The Labute approximate surface area is 102 Å². The summed E-state index contributed by atoms with van der Waals surface area (Å²) in [5.74, 6) is -0.103. The lowest BCUT2D eigenvalue weighted by molar-refractivity contribution is -0.132. The second-order valence-corrected chi connectivity index (χ2v) is 5.26. The molecule has 96 valence electrons. The molecule has 2 amide bonds. The van der Waals surface area contributed by atoms with Crippen molar-refractivity contribution in [3.8, 4) is 0 Å². The van der Waals surface area contributed by atoms with Crippen LogP contribution in [0.5, 0.6) is 0 Å². The number of hydrogen-bond donors (Lipinski definition) is 2. The first-order valence-electron chi connectivity index (χ1n) is 6.34. The summed E-state index contributed by atoms with van der Waals surface area (Å²) < 4.78 is 0. The smallest absolute Gasteiger partial charge is 0.241 e. The Morgan fingerprint density at radius 2 is 2.24 bits per heavy atom. The molecule has 2 saturated heterocycles. The van der Waals surface area contributed by atoms with Gasteiger partial charge in [0, 0.05) is 32.0 Å². The van der Waals surface area contributed by atoms with E-state index >= 15 is 0 Å². The van der Waals surface area contributed by atoms with Crippen molar-refractivity contribution in [2.24, 2.45) is 5.41 Å². The monoisotopic (exact) mass is 239 g/mol. The van der Waals surface area contributed by atoms with Crippen LogP contribution in [0.3, 0.4) is 0 Å². The van der Waals surface area contributed by atoms with Crippen molar-refractivity contribution in [2.75, 3.05) is 32.7 Å². The van der Waals surface area contributed by atoms with E-state index in [2.05, 4.69) is 10.6 Å². The minimum absolute atomic E-state index is 0.0441. The van der Waals surface area contributed by atoms with Crippen molar-refractivity contribution in [1.82, 2.24) is 15.5 Å².